The van der Waals surface area contributed by atoms with E-state index < -0.39 is 11.4 Å². The van der Waals surface area contributed by atoms with E-state index in [2.05, 4.69) is 12.6 Å². The molecule has 0 fully saturated rings. The Bertz CT molecular complexity index is 175. The predicted molar refractivity (Wildman–Crippen MR) is 69.3 cm³/mol. The molecule has 0 bridgehead atoms. The fourth-order valence-electron chi connectivity index (χ4n) is 0.818. The molecular weight excluding hydrogens is 244 g/mol. The standard InChI is InChI=1S/C6H14O3.C5H10O2S/c1-2-6(3-7,4-8)5-9;1-4(8)2-3-5(6)7/h7-9H,2-5H2,1H3;4,8H,2-3H2,1H3,(H,6,7). The number of aliphatic hydroxyl groups is 3. The van der Waals surface area contributed by atoms with Crippen LogP contribution in [0.2, 0.25) is 0 Å². The van der Waals surface area contributed by atoms with Gasteiger partial charge in [-0.1, -0.05) is 13.8 Å². The molecule has 17 heavy (non-hydrogen) atoms. The summed E-state index contributed by atoms with van der Waals surface area (Å²) in [5, 5.41) is 34.3. The highest BCUT2D eigenvalue weighted by Crippen LogP contribution is 2.18. The van der Waals surface area contributed by atoms with Crippen LogP contribution in [-0.4, -0.2) is 51.5 Å². The van der Waals surface area contributed by atoms with Crippen molar-refractivity contribution in [3.63, 3.8) is 0 Å². The SMILES string of the molecule is CC(S)CCC(=O)O.CCC(CO)(CO)CO. The molecule has 4 N–H and O–H groups in total. The van der Waals surface area contributed by atoms with Gasteiger partial charge in [0.25, 0.3) is 0 Å². The van der Waals surface area contributed by atoms with Crippen LogP contribution in [0.3, 0.4) is 0 Å². The topological polar surface area (TPSA) is 98.0 Å². The van der Waals surface area contributed by atoms with Gasteiger partial charge in [0.15, 0.2) is 0 Å². The summed E-state index contributed by atoms with van der Waals surface area (Å²) in [6.07, 6.45) is 1.47. The third-order valence-electron chi connectivity index (χ3n) is 2.53. The first-order valence-electron chi connectivity index (χ1n) is 5.60. The monoisotopic (exact) mass is 268 g/mol. The number of hydrogen-bond acceptors (Lipinski definition) is 5. The normalized spacial score (nSPS) is 12.6. The van der Waals surface area contributed by atoms with Crippen molar-refractivity contribution in [1.29, 1.82) is 0 Å². The van der Waals surface area contributed by atoms with Gasteiger partial charge in [0, 0.05) is 11.8 Å². The lowest BCUT2D eigenvalue weighted by atomic mass is 9.88. The number of carboxylic acid groups (broad SMARTS) is 1. The van der Waals surface area contributed by atoms with Gasteiger partial charge in [-0.25, -0.2) is 0 Å². The summed E-state index contributed by atoms with van der Waals surface area (Å²) in [6, 6.07) is 0. The van der Waals surface area contributed by atoms with Crippen molar-refractivity contribution in [3.8, 4) is 0 Å². The van der Waals surface area contributed by atoms with Crippen molar-refractivity contribution in [2.45, 2.75) is 38.4 Å². The van der Waals surface area contributed by atoms with E-state index in [1.807, 2.05) is 13.8 Å². The Kier molecular flexibility index (Phi) is 12.1. The number of thiol groups is 1. The molecule has 0 aliphatic rings. The highest BCUT2D eigenvalue weighted by molar-refractivity contribution is 7.80. The Balaban J connectivity index is 0. The maximum atomic E-state index is 9.87. The van der Waals surface area contributed by atoms with Crippen LogP contribution in [0.15, 0.2) is 0 Å². The predicted octanol–water partition coefficient (Wildman–Crippen LogP) is 0.529. The lowest BCUT2D eigenvalue weighted by molar-refractivity contribution is -0.137. The van der Waals surface area contributed by atoms with E-state index in [4.69, 9.17) is 20.4 Å². The summed E-state index contributed by atoms with van der Waals surface area (Å²) in [5.74, 6) is -0.745. The van der Waals surface area contributed by atoms with E-state index in [0.29, 0.717) is 12.8 Å². The lowest BCUT2D eigenvalue weighted by Crippen LogP contribution is -2.32. The van der Waals surface area contributed by atoms with Crippen molar-refractivity contribution < 1.29 is 25.2 Å². The van der Waals surface area contributed by atoms with E-state index in [9.17, 15) is 4.79 Å². The van der Waals surface area contributed by atoms with Crippen molar-refractivity contribution in [2.75, 3.05) is 19.8 Å². The molecule has 0 radical (unpaired) electrons. The van der Waals surface area contributed by atoms with Crippen molar-refractivity contribution in [2.24, 2.45) is 5.41 Å². The van der Waals surface area contributed by atoms with Crippen LogP contribution in [0.5, 0.6) is 0 Å². The average Bonchev–Trinajstić information content (AvgIpc) is 2.31. The molecule has 0 aromatic carbocycles. The molecule has 0 saturated carbocycles. The van der Waals surface area contributed by atoms with Crippen molar-refractivity contribution in [1.82, 2.24) is 0 Å². The van der Waals surface area contributed by atoms with Crippen molar-refractivity contribution >= 4 is 18.6 Å². The molecule has 0 aliphatic carbocycles. The minimum Gasteiger partial charge on any atom is -0.481 e. The highest BCUT2D eigenvalue weighted by atomic mass is 32.1. The first-order chi connectivity index (χ1) is 7.87. The highest BCUT2D eigenvalue weighted by Gasteiger charge is 2.24. The molecular formula is C11H24O5S. The van der Waals surface area contributed by atoms with Gasteiger partial charge in [0.2, 0.25) is 0 Å². The van der Waals surface area contributed by atoms with Gasteiger partial charge in [0.05, 0.1) is 19.8 Å². The quantitative estimate of drug-likeness (QED) is 0.434. The Labute approximate surface area is 108 Å². The third kappa shape index (κ3) is 10.6. The fraction of sp³-hybridized carbons (Fsp3) is 0.909. The smallest absolute Gasteiger partial charge is 0.303 e. The molecule has 0 aromatic rings. The Morgan fingerprint density at radius 3 is 1.71 bits per heavy atom. The minimum absolute atomic E-state index is 0.156. The number of aliphatic hydroxyl groups excluding tert-OH is 3. The number of rotatable bonds is 7. The summed E-state index contributed by atoms with van der Waals surface area (Å²) in [7, 11) is 0. The van der Waals surface area contributed by atoms with Gasteiger partial charge < -0.3 is 20.4 Å². The van der Waals surface area contributed by atoms with Crippen LogP contribution >= 0.6 is 12.6 Å². The van der Waals surface area contributed by atoms with Crippen LogP contribution in [-0.2, 0) is 4.79 Å². The van der Waals surface area contributed by atoms with Gasteiger partial charge >= 0.3 is 5.97 Å². The molecule has 0 aromatic heterocycles. The molecule has 1 unspecified atom stereocenters. The van der Waals surface area contributed by atoms with E-state index in [1.165, 1.54) is 0 Å². The number of carboxylic acids is 1. The molecule has 1 atom stereocenters. The van der Waals surface area contributed by atoms with Crippen LogP contribution in [0.25, 0.3) is 0 Å². The lowest BCUT2D eigenvalue weighted by Gasteiger charge is -2.24. The zero-order chi connectivity index (χ0) is 13.9. The maximum absolute atomic E-state index is 9.87. The summed E-state index contributed by atoms with van der Waals surface area (Å²) >= 11 is 4.01. The molecule has 5 nitrogen and oxygen atoms in total. The fourth-order valence-corrected chi connectivity index (χ4v) is 0.947. The first kappa shape index (κ1) is 19.0. The molecule has 0 amide bonds. The Morgan fingerprint density at radius 2 is 1.65 bits per heavy atom. The second-order valence-corrected chi connectivity index (χ2v) is 4.99. The third-order valence-corrected chi connectivity index (χ3v) is 2.79. The summed E-state index contributed by atoms with van der Waals surface area (Å²) in [5.41, 5.74) is -0.667. The number of carbonyl (C=O) groups is 1. The zero-order valence-corrected chi connectivity index (χ0v) is 11.4. The van der Waals surface area contributed by atoms with Gasteiger partial charge in [-0.05, 0) is 18.1 Å². The Hall–Kier alpha value is -0.300. The summed E-state index contributed by atoms with van der Waals surface area (Å²) in [6.45, 7) is 3.23. The molecule has 104 valence electrons. The summed E-state index contributed by atoms with van der Waals surface area (Å²) < 4.78 is 0. The van der Waals surface area contributed by atoms with E-state index >= 15 is 0 Å². The van der Waals surface area contributed by atoms with Crippen LogP contribution < -0.4 is 0 Å². The van der Waals surface area contributed by atoms with E-state index in [0.717, 1.165) is 0 Å². The van der Waals surface area contributed by atoms with Crippen LogP contribution in [0.4, 0.5) is 0 Å². The number of aliphatic carboxylic acids is 1. The maximum Gasteiger partial charge on any atom is 0.303 e. The Morgan fingerprint density at radius 1 is 1.24 bits per heavy atom. The first-order valence-corrected chi connectivity index (χ1v) is 6.11. The molecule has 0 rings (SSSR count). The average molecular weight is 268 g/mol. The minimum atomic E-state index is -0.745. The van der Waals surface area contributed by atoms with Gasteiger partial charge in [-0.3, -0.25) is 4.79 Å². The zero-order valence-electron chi connectivity index (χ0n) is 10.5. The number of hydrogen-bond donors (Lipinski definition) is 5. The molecule has 0 aliphatic heterocycles. The molecule has 0 heterocycles. The molecule has 0 spiro atoms. The second kappa shape index (κ2) is 10.8. The van der Waals surface area contributed by atoms with Gasteiger partial charge in [0.1, 0.15) is 0 Å². The molecule has 6 heteroatoms. The van der Waals surface area contributed by atoms with Gasteiger partial charge in [-0.2, -0.15) is 12.6 Å². The van der Waals surface area contributed by atoms with Crippen LogP contribution in [0.1, 0.15) is 33.1 Å². The summed E-state index contributed by atoms with van der Waals surface area (Å²) in [4.78, 5) is 9.87. The van der Waals surface area contributed by atoms with E-state index in [1.54, 1.807) is 0 Å². The second-order valence-electron chi connectivity index (χ2n) is 4.11. The van der Waals surface area contributed by atoms with Gasteiger partial charge in [-0.15, -0.1) is 0 Å². The van der Waals surface area contributed by atoms with E-state index in [-0.39, 0.29) is 31.5 Å². The molecule has 0 saturated heterocycles. The van der Waals surface area contributed by atoms with Crippen molar-refractivity contribution in [3.05, 3.63) is 0 Å². The van der Waals surface area contributed by atoms with Crippen LogP contribution in [0, 0.1) is 5.41 Å². The largest absolute Gasteiger partial charge is 0.481 e.